The summed E-state index contributed by atoms with van der Waals surface area (Å²) in [5.74, 6) is -1.20. The average Bonchev–Trinajstić information content (AvgIpc) is 2.66. The number of para-hydroxylation sites is 1. The standard InChI is InChI=1S/C20H17F2N3O2/c21-15-9-7-14(8-10-15)17-11-12-20(27)25(24-17)13-3-6-19(26)23-18-5-2-1-4-16(18)22/h1-2,4-5,7-12H,3,6,13H2,(H,23,26). The molecule has 0 aliphatic carbocycles. The molecule has 2 aromatic carbocycles. The first-order valence-corrected chi connectivity index (χ1v) is 8.41. The highest BCUT2D eigenvalue weighted by atomic mass is 19.1. The van der Waals surface area contributed by atoms with E-state index in [9.17, 15) is 18.4 Å². The number of nitrogens with one attached hydrogen (secondary N) is 1. The van der Waals surface area contributed by atoms with Gasteiger partial charge in [-0.3, -0.25) is 9.59 Å². The molecule has 0 radical (unpaired) electrons. The molecule has 0 atom stereocenters. The summed E-state index contributed by atoms with van der Waals surface area (Å²) in [6, 6.07) is 14.6. The van der Waals surface area contributed by atoms with Crippen molar-refractivity contribution in [2.24, 2.45) is 0 Å². The van der Waals surface area contributed by atoms with Crippen molar-refractivity contribution in [3.8, 4) is 11.3 Å². The average molecular weight is 369 g/mol. The summed E-state index contributed by atoms with van der Waals surface area (Å²) in [6.07, 6.45) is 0.475. The van der Waals surface area contributed by atoms with E-state index in [1.165, 1.54) is 41.1 Å². The molecule has 1 aromatic heterocycles. The number of aromatic nitrogens is 2. The molecule has 0 unspecified atom stereocenters. The van der Waals surface area contributed by atoms with E-state index in [0.717, 1.165) is 0 Å². The lowest BCUT2D eigenvalue weighted by molar-refractivity contribution is -0.116. The minimum absolute atomic E-state index is 0.114. The Morgan fingerprint density at radius 1 is 1.00 bits per heavy atom. The molecule has 0 aliphatic rings. The molecule has 138 valence electrons. The number of hydrogen-bond donors (Lipinski definition) is 1. The lowest BCUT2D eigenvalue weighted by atomic mass is 10.1. The predicted octanol–water partition coefficient (Wildman–Crippen LogP) is 3.61. The summed E-state index contributed by atoms with van der Waals surface area (Å²) in [7, 11) is 0. The van der Waals surface area contributed by atoms with Crippen molar-refractivity contribution in [1.29, 1.82) is 0 Å². The second kappa shape index (κ2) is 8.35. The van der Waals surface area contributed by atoms with Gasteiger partial charge in [0.2, 0.25) is 5.91 Å². The summed E-state index contributed by atoms with van der Waals surface area (Å²) in [6.45, 7) is 0.235. The van der Waals surface area contributed by atoms with E-state index in [-0.39, 0.29) is 35.9 Å². The fourth-order valence-corrected chi connectivity index (χ4v) is 2.55. The number of hydrogen-bond acceptors (Lipinski definition) is 3. The maximum absolute atomic E-state index is 13.5. The molecule has 0 spiro atoms. The van der Waals surface area contributed by atoms with E-state index in [1.807, 2.05) is 0 Å². The SMILES string of the molecule is O=C(CCCn1nc(-c2ccc(F)cc2)ccc1=O)Nc1ccccc1F. The van der Waals surface area contributed by atoms with E-state index >= 15 is 0 Å². The Labute approximate surface area is 154 Å². The number of halogens is 2. The van der Waals surface area contributed by atoms with Crippen LogP contribution in [0.4, 0.5) is 14.5 Å². The second-order valence-corrected chi connectivity index (χ2v) is 5.92. The summed E-state index contributed by atoms with van der Waals surface area (Å²) in [5, 5.41) is 6.75. The highest BCUT2D eigenvalue weighted by Gasteiger charge is 2.08. The topological polar surface area (TPSA) is 64.0 Å². The maximum atomic E-state index is 13.5. The molecular formula is C20H17F2N3O2. The molecule has 0 saturated carbocycles. The molecule has 1 N–H and O–H groups in total. The molecule has 27 heavy (non-hydrogen) atoms. The van der Waals surface area contributed by atoms with Gasteiger partial charge in [-0.1, -0.05) is 12.1 Å². The monoisotopic (exact) mass is 369 g/mol. The van der Waals surface area contributed by atoms with E-state index in [4.69, 9.17) is 0 Å². The van der Waals surface area contributed by atoms with Crippen molar-refractivity contribution in [3.63, 3.8) is 0 Å². The van der Waals surface area contributed by atoms with Crippen LogP contribution >= 0.6 is 0 Å². The number of aryl methyl sites for hydroxylation is 1. The summed E-state index contributed by atoms with van der Waals surface area (Å²) < 4.78 is 27.8. The summed E-state index contributed by atoms with van der Waals surface area (Å²) in [4.78, 5) is 23.9. The van der Waals surface area contributed by atoms with E-state index in [0.29, 0.717) is 17.7 Å². The molecule has 1 amide bonds. The van der Waals surface area contributed by atoms with Crippen molar-refractivity contribution in [3.05, 3.63) is 82.7 Å². The van der Waals surface area contributed by atoms with Gasteiger partial charge in [0.25, 0.3) is 5.56 Å². The van der Waals surface area contributed by atoms with Crippen LogP contribution in [0.2, 0.25) is 0 Å². The molecule has 5 nitrogen and oxygen atoms in total. The Balaban J connectivity index is 1.61. The van der Waals surface area contributed by atoms with Gasteiger partial charge < -0.3 is 5.32 Å². The Kier molecular flexibility index (Phi) is 5.71. The van der Waals surface area contributed by atoms with Crippen molar-refractivity contribution < 1.29 is 13.6 Å². The van der Waals surface area contributed by atoms with E-state index < -0.39 is 5.82 Å². The van der Waals surface area contributed by atoms with Gasteiger partial charge in [0, 0.05) is 24.6 Å². The first kappa shape index (κ1) is 18.4. The van der Waals surface area contributed by atoms with Crippen molar-refractivity contribution in [2.45, 2.75) is 19.4 Å². The molecule has 0 aliphatic heterocycles. The molecule has 7 heteroatoms. The number of amides is 1. The fourth-order valence-electron chi connectivity index (χ4n) is 2.55. The van der Waals surface area contributed by atoms with Gasteiger partial charge in [-0.25, -0.2) is 13.5 Å². The van der Waals surface area contributed by atoms with Crippen LogP contribution < -0.4 is 10.9 Å². The van der Waals surface area contributed by atoms with Gasteiger partial charge in [-0.15, -0.1) is 0 Å². The minimum atomic E-state index is -0.504. The van der Waals surface area contributed by atoms with Gasteiger partial charge in [0.15, 0.2) is 0 Å². The zero-order valence-electron chi connectivity index (χ0n) is 14.4. The largest absolute Gasteiger partial charge is 0.324 e. The summed E-state index contributed by atoms with van der Waals surface area (Å²) in [5.41, 5.74) is 1.04. The third-order valence-electron chi connectivity index (χ3n) is 3.93. The zero-order valence-corrected chi connectivity index (χ0v) is 14.4. The number of carbonyl (C=O) groups is 1. The first-order chi connectivity index (χ1) is 13.0. The third kappa shape index (κ3) is 4.84. The summed E-state index contributed by atoms with van der Waals surface area (Å²) >= 11 is 0. The number of benzene rings is 2. The van der Waals surface area contributed by atoms with Gasteiger partial charge in [-0.05, 0) is 48.9 Å². The number of anilines is 1. The molecular weight excluding hydrogens is 352 g/mol. The van der Waals surface area contributed by atoms with Crippen LogP contribution in [0.1, 0.15) is 12.8 Å². The van der Waals surface area contributed by atoms with Crippen LogP contribution in [0, 0.1) is 11.6 Å². The van der Waals surface area contributed by atoms with Crippen LogP contribution in [0.5, 0.6) is 0 Å². The lowest BCUT2D eigenvalue weighted by Crippen LogP contribution is -2.23. The van der Waals surface area contributed by atoms with Crippen LogP contribution in [0.25, 0.3) is 11.3 Å². The predicted molar refractivity (Wildman–Crippen MR) is 98.2 cm³/mol. The number of carbonyl (C=O) groups excluding carboxylic acids is 1. The first-order valence-electron chi connectivity index (χ1n) is 8.41. The van der Waals surface area contributed by atoms with E-state index in [2.05, 4.69) is 10.4 Å². The third-order valence-corrected chi connectivity index (χ3v) is 3.93. The van der Waals surface area contributed by atoms with Crippen molar-refractivity contribution >= 4 is 11.6 Å². The quantitative estimate of drug-likeness (QED) is 0.722. The van der Waals surface area contributed by atoms with Crippen molar-refractivity contribution in [2.75, 3.05) is 5.32 Å². The molecule has 0 bridgehead atoms. The normalized spacial score (nSPS) is 10.6. The van der Waals surface area contributed by atoms with Gasteiger partial charge in [-0.2, -0.15) is 5.10 Å². The fraction of sp³-hybridized carbons (Fsp3) is 0.150. The number of nitrogens with zero attached hydrogens (tertiary/aromatic N) is 2. The number of rotatable bonds is 6. The lowest BCUT2D eigenvalue weighted by Gasteiger charge is -2.08. The Morgan fingerprint density at radius 3 is 2.48 bits per heavy atom. The molecule has 3 rings (SSSR count). The van der Waals surface area contributed by atoms with Crippen molar-refractivity contribution in [1.82, 2.24) is 9.78 Å². The Hall–Kier alpha value is -3.35. The van der Waals surface area contributed by atoms with Gasteiger partial charge >= 0.3 is 0 Å². The second-order valence-electron chi connectivity index (χ2n) is 5.92. The minimum Gasteiger partial charge on any atom is -0.324 e. The van der Waals surface area contributed by atoms with Crippen LogP contribution in [0.3, 0.4) is 0 Å². The van der Waals surface area contributed by atoms with E-state index in [1.54, 1.807) is 24.3 Å². The van der Waals surface area contributed by atoms with Gasteiger partial charge in [0.05, 0.1) is 11.4 Å². The molecule has 0 saturated heterocycles. The highest BCUT2D eigenvalue weighted by molar-refractivity contribution is 5.90. The Morgan fingerprint density at radius 2 is 1.74 bits per heavy atom. The zero-order chi connectivity index (χ0) is 19.2. The van der Waals surface area contributed by atoms with Crippen LogP contribution in [-0.2, 0) is 11.3 Å². The van der Waals surface area contributed by atoms with Gasteiger partial charge in [0.1, 0.15) is 11.6 Å². The highest BCUT2D eigenvalue weighted by Crippen LogP contribution is 2.16. The molecule has 0 fully saturated rings. The molecule has 1 heterocycles. The van der Waals surface area contributed by atoms with Crippen LogP contribution in [0.15, 0.2) is 65.5 Å². The maximum Gasteiger partial charge on any atom is 0.266 e. The molecule has 3 aromatic rings. The van der Waals surface area contributed by atoms with Crippen LogP contribution in [-0.4, -0.2) is 15.7 Å². The smallest absolute Gasteiger partial charge is 0.266 e. The Bertz CT molecular complexity index is 1000.